The Morgan fingerprint density at radius 3 is 1.94 bits per heavy atom. The van der Waals surface area contributed by atoms with Crippen LogP contribution in [0.3, 0.4) is 0 Å². The van der Waals surface area contributed by atoms with Crippen molar-refractivity contribution < 1.29 is 4.79 Å². The standard InChI is InChI=1S/C25H20N6O2/c32-23-16-22(28-26-17-19-10-4-1-5-11-19)24(30-31(23)21-14-8-3-9-15-21)25(33)29-27-18-20-12-6-2-7-13-20/h1-18,28H,(H,29,33)/b26-17+,27-18+. The minimum Gasteiger partial charge on any atom is -0.276 e. The molecular weight excluding hydrogens is 416 g/mol. The Labute approximate surface area is 189 Å². The lowest BCUT2D eigenvalue weighted by Crippen LogP contribution is -2.28. The van der Waals surface area contributed by atoms with E-state index in [-0.39, 0.29) is 11.4 Å². The van der Waals surface area contributed by atoms with Crippen LogP contribution < -0.4 is 16.4 Å². The number of aromatic nitrogens is 2. The highest BCUT2D eigenvalue weighted by atomic mass is 16.2. The van der Waals surface area contributed by atoms with Gasteiger partial charge in [-0.1, -0.05) is 78.9 Å². The molecule has 0 radical (unpaired) electrons. The lowest BCUT2D eigenvalue weighted by molar-refractivity contribution is 0.0949. The van der Waals surface area contributed by atoms with Crippen molar-refractivity contribution in [2.24, 2.45) is 10.2 Å². The van der Waals surface area contributed by atoms with Gasteiger partial charge in [0.05, 0.1) is 23.8 Å². The van der Waals surface area contributed by atoms with Crippen LogP contribution >= 0.6 is 0 Å². The van der Waals surface area contributed by atoms with Gasteiger partial charge in [0.25, 0.3) is 11.5 Å². The third kappa shape index (κ3) is 5.65. The molecule has 0 aliphatic heterocycles. The Kier molecular flexibility index (Phi) is 6.77. The van der Waals surface area contributed by atoms with Gasteiger partial charge in [-0.2, -0.15) is 20.0 Å². The van der Waals surface area contributed by atoms with Crippen LogP contribution in [0.15, 0.2) is 112 Å². The van der Waals surface area contributed by atoms with E-state index in [9.17, 15) is 9.59 Å². The second-order valence-corrected chi connectivity index (χ2v) is 6.88. The smallest absolute Gasteiger partial charge is 0.276 e. The van der Waals surface area contributed by atoms with Crippen LogP contribution in [0, 0.1) is 0 Å². The van der Waals surface area contributed by atoms with Crippen LogP contribution in [0.5, 0.6) is 0 Å². The lowest BCUT2D eigenvalue weighted by atomic mass is 10.2. The van der Waals surface area contributed by atoms with E-state index >= 15 is 0 Å². The number of hydrogen-bond acceptors (Lipinski definition) is 6. The van der Waals surface area contributed by atoms with Crippen LogP contribution in [0.1, 0.15) is 21.6 Å². The van der Waals surface area contributed by atoms with E-state index in [0.717, 1.165) is 15.8 Å². The number of amides is 1. The Morgan fingerprint density at radius 2 is 1.33 bits per heavy atom. The SMILES string of the molecule is O=C(N/N=C/c1ccccc1)c1nn(-c2ccccc2)c(=O)cc1N/N=C/c1ccccc1. The monoisotopic (exact) mass is 436 g/mol. The van der Waals surface area contributed by atoms with E-state index in [4.69, 9.17) is 0 Å². The van der Waals surface area contributed by atoms with Gasteiger partial charge in [0.2, 0.25) is 0 Å². The Hall–Kier alpha value is -4.85. The predicted octanol–water partition coefficient (Wildman–Crippen LogP) is 3.44. The molecule has 8 heteroatoms. The summed E-state index contributed by atoms with van der Waals surface area (Å²) >= 11 is 0. The van der Waals surface area contributed by atoms with Gasteiger partial charge in [-0.05, 0) is 23.3 Å². The summed E-state index contributed by atoms with van der Waals surface area (Å²) in [6.07, 6.45) is 3.10. The van der Waals surface area contributed by atoms with E-state index in [0.29, 0.717) is 5.69 Å². The molecule has 0 spiro atoms. The number of nitrogens with one attached hydrogen (secondary N) is 2. The number of benzene rings is 3. The number of para-hydroxylation sites is 1. The second kappa shape index (κ2) is 10.5. The molecule has 2 N–H and O–H groups in total. The summed E-state index contributed by atoms with van der Waals surface area (Å²) in [5.41, 5.74) is 7.13. The van der Waals surface area contributed by atoms with E-state index in [2.05, 4.69) is 26.2 Å². The maximum atomic E-state index is 12.9. The number of nitrogens with zero attached hydrogens (tertiary/aromatic N) is 4. The van der Waals surface area contributed by atoms with Crippen LogP contribution in [0.4, 0.5) is 5.69 Å². The number of hydrogen-bond donors (Lipinski definition) is 2. The summed E-state index contributed by atoms with van der Waals surface area (Å²) in [4.78, 5) is 25.6. The van der Waals surface area contributed by atoms with E-state index in [1.54, 1.807) is 30.5 Å². The molecule has 0 aliphatic rings. The molecule has 0 aliphatic carbocycles. The van der Waals surface area contributed by atoms with Gasteiger partial charge < -0.3 is 0 Å². The number of carbonyl (C=O) groups is 1. The summed E-state index contributed by atoms with van der Waals surface area (Å²) in [6, 6.07) is 28.9. The second-order valence-electron chi connectivity index (χ2n) is 6.88. The molecule has 0 fully saturated rings. The summed E-state index contributed by atoms with van der Waals surface area (Å²) in [5.74, 6) is -0.593. The van der Waals surface area contributed by atoms with Gasteiger partial charge in [0.15, 0.2) is 5.69 Å². The third-order valence-corrected chi connectivity index (χ3v) is 4.53. The molecule has 0 saturated heterocycles. The predicted molar refractivity (Wildman–Crippen MR) is 129 cm³/mol. The molecule has 33 heavy (non-hydrogen) atoms. The molecule has 0 bridgehead atoms. The van der Waals surface area contributed by atoms with Crippen molar-refractivity contribution in [3.63, 3.8) is 0 Å². The average Bonchev–Trinajstić information content (AvgIpc) is 2.86. The maximum absolute atomic E-state index is 12.9. The number of rotatable bonds is 7. The molecule has 0 saturated carbocycles. The molecule has 162 valence electrons. The lowest BCUT2D eigenvalue weighted by Gasteiger charge is -2.10. The van der Waals surface area contributed by atoms with Crippen molar-refractivity contribution in [1.29, 1.82) is 0 Å². The zero-order valence-corrected chi connectivity index (χ0v) is 17.5. The molecule has 4 aromatic rings. The van der Waals surface area contributed by atoms with Crippen molar-refractivity contribution in [3.8, 4) is 5.69 Å². The van der Waals surface area contributed by atoms with Crippen LogP contribution in [0.2, 0.25) is 0 Å². The largest absolute Gasteiger partial charge is 0.294 e. The first-order valence-corrected chi connectivity index (χ1v) is 10.1. The van der Waals surface area contributed by atoms with Gasteiger partial charge in [0, 0.05) is 6.07 Å². The van der Waals surface area contributed by atoms with E-state index in [1.165, 1.54) is 12.3 Å². The number of anilines is 1. The van der Waals surface area contributed by atoms with Crippen molar-refractivity contribution in [1.82, 2.24) is 15.2 Å². The summed E-state index contributed by atoms with van der Waals surface area (Å²) < 4.78 is 1.15. The fourth-order valence-electron chi connectivity index (χ4n) is 2.94. The normalized spacial score (nSPS) is 11.0. The van der Waals surface area contributed by atoms with Crippen LogP contribution in [-0.2, 0) is 0 Å². The minimum absolute atomic E-state index is 0.0334. The zero-order chi connectivity index (χ0) is 22.9. The highest BCUT2D eigenvalue weighted by molar-refractivity contribution is 5.98. The molecular formula is C25H20N6O2. The van der Waals surface area contributed by atoms with Gasteiger partial charge in [-0.3, -0.25) is 15.0 Å². The maximum Gasteiger partial charge on any atom is 0.294 e. The van der Waals surface area contributed by atoms with E-state index < -0.39 is 11.5 Å². The molecule has 0 atom stereocenters. The Morgan fingerprint density at radius 1 is 0.788 bits per heavy atom. The first-order valence-electron chi connectivity index (χ1n) is 10.1. The third-order valence-electron chi connectivity index (χ3n) is 4.53. The zero-order valence-electron chi connectivity index (χ0n) is 17.5. The van der Waals surface area contributed by atoms with Crippen molar-refractivity contribution in [2.45, 2.75) is 0 Å². The summed E-state index contributed by atoms with van der Waals surface area (Å²) in [5, 5.41) is 12.4. The molecule has 1 aromatic heterocycles. The highest BCUT2D eigenvalue weighted by Gasteiger charge is 2.17. The molecule has 0 unspecified atom stereocenters. The fourth-order valence-corrected chi connectivity index (χ4v) is 2.94. The van der Waals surface area contributed by atoms with Crippen molar-refractivity contribution in [3.05, 3.63) is 124 Å². The first-order chi connectivity index (χ1) is 16.2. The molecule has 8 nitrogen and oxygen atoms in total. The highest BCUT2D eigenvalue weighted by Crippen LogP contribution is 2.12. The minimum atomic E-state index is -0.593. The molecule has 1 heterocycles. The van der Waals surface area contributed by atoms with Gasteiger partial charge in [-0.15, -0.1) is 0 Å². The van der Waals surface area contributed by atoms with E-state index in [1.807, 2.05) is 66.7 Å². The molecule has 4 rings (SSSR count). The summed E-state index contributed by atoms with van der Waals surface area (Å²) in [7, 11) is 0. The Balaban J connectivity index is 1.63. The van der Waals surface area contributed by atoms with Gasteiger partial charge >= 0.3 is 0 Å². The average molecular weight is 436 g/mol. The van der Waals surface area contributed by atoms with Gasteiger partial charge in [-0.25, -0.2) is 5.43 Å². The molecule has 3 aromatic carbocycles. The number of hydrazone groups is 2. The van der Waals surface area contributed by atoms with Gasteiger partial charge in [0.1, 0.15) is 0 Å². The molecule has 1 amide bonds. The van der Waals surface area contributed by atoms with Crippen molar-refractivity contribution in [2.75, 3.05) is 5.43 Å². The first kappa shape index (κ1) is 21.4. The fraction of sp³-hybridized carbons (Fsp3) is 0. The summed E-state index contributed by atoms with van der Waals surface area (Å²) in [6.45, 7) is 0. The van der Waals surface area contributed by atoms with Crippen molar-refractivity contribution >= 4 is 24.0 Å². The van der Waals surface area contributed by atoms with Crippen LogP contribution in [0.25, 0.3) is 5.69 Å². The Bertz CT molecular complexity index is 1330. The number of carbonyl (C=O) groups excluding carboxylic acids is 1. The topological polar surface area (TPSA) is 101 Å². The quantitative estimate of drug-likeness (QED) is 0.342. The van der Waals surface area contributed by atoms with Crippen LogP contribution in [-0.4, -0.2) is 28.1 Å².